The second-order valence-corrected chi connectivity index (χ2v) is 5.14. The zero-order valence-electron chi connectivity index (χ0n) is 13.4. The minimum atomic E-state index is 0.450. The van der Waals surface area contributed by atoms with E-state index in [-0.39, 0.29) is 0 Å². The van der Waals surface area contributed by atoms with E-state index in [0.29, 0.717) is 13.2 Å². The van der Waals surface area contributed by atoms with Gasteiger partial charge in [-0.25, -0.2) is 4.68 Å². The highest BCUT2D eigenvalue weighted by atomic mass is 16.5. The standard InChI is InChI=1S/C18H18N4O2/c1-15-5-4-7-17(11-15)23-9-10-24-18-8-3-2-6-16(18)12-21-22-13-19-20-14-22/h2-8,11-14H,9-10H2,1H3/b21-12-. The third kappa shape index (κ3) is 4.42. The zero-order valence-corrected chi connectivity index (χ0v) is 13.4. The molecular formula is C18H18N4O2. The Morgan fingerprint density at radius 1 is 1.00 bits per heavy atom. The summed E-state index contributed by atoms with van der Waals surface area (Å²) in [5.74, 6) is 1.60. The van der Waals surface area contributed by atoms with Crippen molar-refractivity contribution in [1.29, 1.82) is 0 Å². The monoisotopic (exact) mass is 322 g/mol. The Kier molecular flexibility index (Phi) is 5.19. The second-order valence-electron chi connectivity index (χ2n) is 5.14. The molecule has 6 nitrogen and oxygen atoms in total. The molecule has 2 aromatic carbocycles. The fourth-order valence-electron chi connectivity index (χ4n) is 2.12. The molecule has 0 saturated carbocycles. The average Bonchev–Trinajstić information content (AvgIpc) is 3.11. The highest BCUT2D eigenvalue weighted by Crippen LogP contribution is 2.16. The van der Waals surface area contributed by atoms with Crippen LogP contribution in [0.4, 0.5) is 0 Å². The van der Waals surface area contributed by atoms with E-state index in [1.54, 1.807) is 6.21 Å². The number of hydrogen-bond acceptors (Lipinski definition) is 5. The van der Waals surface area contributed by atoms with Crippen LogP contribution < -0.4 is 9.47 Å². The van der Waals surface area contributed by atoms with Crippen LogP contribution in [-0.2, 0) is 0 Å². The Morgan fingerprint density at radius 3 is 2.62 bits per heavy atom. The van der Waals surface area contributed by atoms with Gasteiger partial charge in [0.2, 0.25) is 0 Å². The van der Waals surface area contributed by atoms with Crippen molar-refractivity contribution < 1.29 is 9.47 Å². The van der Waals surface area contributed by atoms with Gasteiger partial charge in [0.25, 0.3) is 0 Å². The van der Waals surface area contributed by atoms with Gasteiger partial charge in [0.15, 0.2) is 0 Å². The molecule has 3 rings (SSSR count). The van der Waals surface area contributed by atoms with Crippen molar-refractivity contribution in [1.82, 2.24) is 14.9 Å². The van der Waals surface area contributed by atoms with Gasteiger partial charge in [0.1, 0.15) is 37.4 Å². The summed E-state index contributed by atoms with van der Waals surface area (Å²) in [7, 11) is 0. The van der Waals surface area contributed by atoms with Gasteiger partial charge >= 0.3 is 0 Å². The maximum absolute atomic E-state index is 5.80. The van der Waals surface area contributed by atoms with Crippen molar-refractivity contribution in [3.63, 3.8) is 0 Å². The maximum Gasteiger partial charge on any atom is 0.141 e. The highest BCUT2D eigenvalue weighted by molar-refractivity contribution is 5.83. The SMILES string of the molecule is Cc1cccc(OCCOc2ccccc2/C=N\n2cnnc2)c1. The van der Waals surface area contributed by atoms with Gasteiger partial charge in [0, 0.05) is 5.56 Å². The smallest absolute Gasteiger partial charge is 0.141 e. The summed E-state index contributed by atoms with van der Waals surface area (Å²) in [5.41, 5.74) is 2.05. The molecular weight excluding hydrogens is 304 g/mol. The molecule has 24 heavy (non-hydrogen) atoms. The number of rotatable bonds is 7. The normalized spacial score (nSPS) is 10.9. The summed E-state index contributed by atoms with van der Waals surface area (Å²) in [6, 6.07) is 15.6. The van der Waals surface area contributed by atoms with Crippen LogP contribution in [0.2, 0.25) is 0 Å². The fourth-order valence-corrected chi connectivity index (χ4v) is 2.12. The summed E-state index contributed by atoms with van der Waals surface area (Å²) in [4.78, 5) is 0. The number of hydrogen-bond donors (Lipinski definition) is 0. The van der Waals surface area contributed by atoms with Crippen molar-refractivity contribution in [2.45, 2.75) is 6.92 Å². The molecule has 0 saturated heterocycles. The number of ether oxygens (including phenoxy) is 2. The Hall–Kier alpha value is -3.15. The molecule has 0 aliphatic rings. The first kappa shape index (κ1) is 15.7. The van der Waals surface area contributed by atoms with E-state index in [4.69, 9.17) is 9.47 Å². The van der Waals surface area contributed by atoms with E-state index in [1.165, 1.54) is 22.9 Å². The van der Waals surface area contributed by atoms with Gasteiger partial charge in [-0.3, -0.25) is 0 Å². The van der Waals surface area contributed by atoms with Gasteiger partial charge in [-0.2, -0.15) is 5.10 Å². The Labute approximate surface area is 140 Å². The van der Waals surface area contributed by atoms with Crippen LogP contribution in [-0.4, -0.2) is 34.3 Å². The van der Waals surface area contributed by atoms with Crippen molar-refractivity contribution in [3.8, 4) is 11.5 Å². The third-order valence-corrected chi connectivity index (χ3v) is 3.25. The molecule has 1 aromatic heterocycles. The van der Waals surface area contributed by atoms with Gasteiger partial charge < -0.3 is 9.47 Å². The number of nitrogens with zero attached hydrogens (tertiary/aromatic N) is 4. The van der Waals surface area contributed by atoms with Crippen LogP contribution in [0, 0.1) is 6.92 Å². The maximum atomic E-state index is 5.80. The van der Waals surface area contributed by atoms with E-state index in [2.05, 4.69) is 15.3 Å². The van der Waals surface area contributed by atoms with E-state index in [9.17, 15) is 0 Å². The molecule has 3 aromatic rings. The predicted octanol–water partition coefficient (Wildman–Crippen LogP) is 2.93. The molecule has 0 fully saturated rings. The minimum absolute atomic E-state index is 0.450. The lowest BCUT2D eigenvalue weighted by Gasteiger charge is -2.10. The summed E-state index contributed by atoms with van der Waals surface area (Å²) < 4.78 is 13.0. The largest absolute Gasteiger partial charge is 0.490 e. The van der Waals surface area contributed by atoms with Crippen LogP contribution in [0.25, 0.3) is 0 Å². The average molecular weight is 322 g/mol. The predicted molar refractivity (Wildman–Crippen MR) is 91.6 cm³/mol. The molecule has 0 bridgehead atoms. The lowest BCUT2D eigenvalue weighted by molar-refractivity contribution is 0.217. The summed E-state index contributed by atoms with van der Waals surface area (Å²) in [5, 5.41) is 11.6. The molecule has 0 aliphatic carbocycles. The molecule has 0 amide bonds. The van der Waals surface area contributed by atoms with Crippen molar-refractivity contribution in [2.24, 2.45) is 5.10 Å². The molecule has 0 unspecified atom stereocenters. The fraction of sp³-hybridized carbons (Fsp3) is 0.167. The number of aromatic nitrogens is 3. The number of aryl methyl sites for hydroxylation is 1. The minimum Gasteiger partial charge on any atom is -0.490 e. The van der Waals surface area contributed by atoms with E-state index in [1.807, 2.05) is 55.5 Å². The van der Waals surface area contributed by atoms with Crippen LogP contribution in [0.15, 0.2) is 66.3 Å². The molecule has 1 heterocycles. The van der Waals surface area contributed by atoms with E-state index >= 15 is 0 Å². The molecule has 0 spiro atoms. The Morgan fingerprint density at radius 2 is 1.79 bits per heavy atom. The van der Waals surface area contributed by atoms with Gasteiger partial charge in [-0.1, -0.05) is 24.3 Å². The van der Waals surface area contributed by atoms with Crippen LogP contribution in [0.1, 0.15) is 11.1 Å². The molecule has 0 N–H and O–H groups in total. The van der Waals surface area contributed by atoms with E-state index in [0.717, 1.165) is 17.1 Å². The lowest BCUT2D eigenvalue weighted by atomic mass is 10.2. The van der Waals surface area contributed by atoms with Gasteiger partial charge in [-0.05, 0) is 36.8 Å². The number of benzene rings is 2. The summed E-state index contributed by atoms with van der Waals surface area (Å²) >= 11 is 0. The van der Waals surface area contributed by atoms with Crippen molar-refractivity contribution in [2.75, 3.05) is 13.2 Å². The van der Waals surface area contributed by atoms with Gasteiger partial charge in [0.05, 0.1) is 6.21 Å². The van der Waals surface area contributed by atoms with Crippen LogP contribution in [0.5, 0.6) is 11.5 Å². The molecule has 0 aliphatic heterocycles. The molecule has 0 radical (unpaired) electrons. The Bertz CT molecular complexity index is 800. The first-order chi connectivity index (χ1) is 11.8. The first-order valence-electron chi connectivity index (χ1n) is 7.61. The molecule has 0 atom stereocenters. The zero-order chi connectivity index (χ0) is 16.6. The summed E-state index contributed by atoms with van der Waals surface area (Å²) in [6.45, 7) is 2.96. The van der Waals surface area contributed by atoms with Crippen molar-refractivity contribution >= 4 is 6.21 Å². The highest BCUT2D eigenvalue weighted by Gasteiger charge is 2.01. The Balaban J connectivity index is 1.55. The third-order valence-electron chi connectivity index (χ3n) is 3.25. The van der Waals surface area contributed by atoms with Crippen LogP contribution >= 0.6 is 0 Å². The van der Waals surface area contributed by atoms with E-state index < -0.39 is 0 Å². The quantitative estimate of drug-likeness (QED) is 0.496. The van der Waals surface area contributed by atoms with Gasteiger partial charge in [-0.15, -0.1) is 10.2 Å². The van der Waals surface area contributed by atoms with Crippen LogP contribution in [0.3, 0.4) is 0 Å². The molecule has 122 valence electrons. The van der Waals surface area contributed by atoms with Crippen molar-refractivity contribution in [3.05, 3.63) is 72.3 Å². The first-order valence-corrected chi connectivity index (χ1v) is 7.61. The topological polar surface area (TPSA) is 61.5 Å². The summed E-state index contributed by atoms with van der Waals surface area (Å²) in [6.07, 6.45) is 4.76. The lowest BCUT2D eigenvalue weighted by Crippen LogP contribution is -2.10. The second kappa shape index (κ2) is 7.92. The number of para-hydroxylation sites is 1. The molecule has 6 heteroatoms.